The van der Waals surface area contributed by atoms with E-state index in [4.69, 9.17) is 0 Å². The van der Waals surface area contributed by atoms with E-state index in [2.05, 4.69) is 4.72 Å². The number of carboxylic acid groups (broad SMARTS) is 1. The average Bonchev–Trinajstić information content (AvgIpc) is 3.14. The number of carboxylic acids is 1. The summed E-state index contributed by atoms with van der Waals surface area (Å²) in [5.74, 6) is -1.22. The van der Waals surface area contributed by atoms with Gasteiger partial charge in [0.25, 0.3) is 0 Å². The van der Waals surface area contributed by atoms with E-state index in [1.165, 1.54) is 0 Å². The molecule has 1 fully saturated rings. The zero-order valence-electron chi connectivity index (χ0n) is 11.4. The monoisotopic (exact) mass is 297 g/mol. The highest BCUT2D eigenvalue weighted by atomic mass is 32.2. The average molecular weight is 297 g/mol. The maximum atomic E-state index is 12.0. The first kappa shape index (κ1) is 15.0. The highest BCUT2D eigenvalue weighted by molar-refractivity contribution is 7.89. The number of carbonyl (C=O) groups is 1. The first-order valence-electron chi connectivity index (χ1n) is 6.59. The molecule has 0 heterocycles. The summed E-state index contributed by atoms with van der Waals surface area (Å²) in [6.45, 7) is 2.05. The van der Waals surface area contributed by atoms with E-state index in [0.717, 1.165) is 12.8 Å². The van der Waals surface area contributed by atoms with Gasteiger partial charge in [-0.3, -0.25) is 4.79 Å². The molecule has 0 spiro atoms. The molecule has 0 aromatic heterocycles. The number of rotatable bonds is 7. The third kappa shape index (κ3) is 4.05. The second-order valence-corrected chi connectivity index (χ2v) is 7.55. The molecular weight excluding hydrogens is 278 g/mol. The lowest BCUT2D eigenvalue weighted by atomic mass is 10.1. The lowest BCUT2D eigenvalue weighted by molar-refractivity contribution is -0.139. The Bertz CT molecular complexity index is 578. The highest BCUT2D eigenvalue weighted by Crippen LogP contribution is 2.48. The smallest absolute Gasteiger partial charge is 0.326 e. The van der Waals surface area contributed by atoms with Gasteiger partial charge in [0.1, 0.15) is 6.04 Å². The Morgan fingerprint density at radius 1 is 1.35 bits per heavy atom. The first-order valence-corrected chi connectivity index (χ1v) is 8.24. The zero-order valence-corrected chi connectivity index (χ0v) is 12.2. The molecule has 5 nitrogen and oxygen atoms in total. The van der Waals surface area contributed by atoms with Crippen molar-refractivity contribution in [2.24, 2.45) is 5.41 Å². The third-order valence-corrected chi connectivity index (χ3v) is 5.09. The van der Waals surface area contributed by atoms with Crippen LogP contribution in [0, 0.1) is 5.41 Å². The molecule has 0 radical (unpaired) electrons. The van der Waals surface area contributed by atoms with Crippen molar-refractivity contribution in [3.8, 4) is 0 Å². The van der Waals surface area contributed by atoms with Crippen molar-refractivity contribution >= 4 is 16.0 Å². The molecule has 2 rings (SSSR count). The van der Waals surface area contributed by atoms with E-state index in [1.807, 2.05) is 6.92 Å². The fourth-order valence-electron chi connectivity index (χ4n) is 1.99. The van der Waals surface area contributed by atoms with Crippen LogP contribution in [-0.2, 0) is 14.8 Å². The van der Waals surface area contributed by atoms with Gasteiger partial charge in [-0.2, -0.15) is 4.72 Å². The minimum absolute atomic E-state index is 0.0277. The molecule has 1 atom stereocenters. The number of benzene rings is 1. The summed E-state index contributed by atoms with van der Waals surface area (Å²) in [6.07, 6.45) is 2.66. The summed E-state index contributed by atoms with van der Waals surface area (Å²) in [4.78, 5) is 11.3. The van der Waals surface area contributed by atoms with Gasteiger partial charge in [0, 0.05) is 0 Å². The summed E-state index contributed by atoms with van der Waals surface area (Å²) < 4.78 is 26.3. The van der Waals surface area contributed by atoms with Gasteiger partial charge >= 0.3 is 5.97 Å². The van der Waals surface area contributed by atoms with Gasteiger partial charge < -0.3 is 5.11 Å². The summed E-state index contributed by atoms with van der Waals surface area (Å²) in [6, 6.07) is 7.10. The van der Waals surface area contributed by atoms with E-state index in [1.54, 1.807) is 30.3 Å². The van der Waals surface area contributed by atoms with Crippen molar-refractivity contribution < 1.29 is 18.3 Å². The van der Waals surface area contributed by atoms with Crippen molar-refractivity contribution in [3.05, 3.63) is 35.9 Å². The normalized spacial score (nSPS) is 18.4. The first-order chi connectivity index (χ1) is 9.31. The Kier molecular flexibility index (Phi) is 4.15. The molecule has 1 aliphatic rings. The number of nitrogens with one attached hydrogen (secondary N) is 1. The second-order valence-electron chi connectivity index (χ2n) is 5.68. The van der Waals surface area contributed by atoms with E-state index in [-0.39, 0.29) is 11.2 Å². The maximum Gasteiger partial charge on any atom is 0.326 e. The lowest BCUT2D eigenvalue weighted by Gasteiger charge is -2.16. The summed E-state index contributed by atoms with van der Waals surface area (Å²) in [5.41, 5.74) is 0.557. The van der Waals surface area contributed by atoms with Gasteiger partial charge in [-0.1, -0.05) is 37.3 Å². The van der Waals surface area contributed by atoms with E-state index >= 15 is 0 Å². The fraction of sp³-hybridized carbons (Fsp3) is 0.500. The molecule has 0 bridgehead atoms. The van der Waals surface area contributed by atoms with Crippen LogP contribution >= 0.6 is 0 Å². The van der Waals surface area contributed by atoms with Crippen molar-refractivity contribution in [2.75, 3.05) is 5.75 Å². The molecule has 1 aliphatic carbocycles. The largest absolute Gasteiger partial charge is 0.480 e. The van der Waals surface area contributed by atoms with Crippen LogP contribution in [0.3, 0.4) is 0 Å². The highest BCUT2D eigenvalue weighted by Gasteiger charge is 2.38. The molecule has 0 unspecified atom stereocenters. The third-order valence-electron chi connectivity index (χ3n) is 3.76. The van der Waals surface area contributed by atoms with Crippen LogP contribution < -0.4 is 4.72 Å². The van der Waals surface area contributed by atoms with Crippen LogP contribution in [0.15, 0.2) is 30.3 Å². The Hall–Kier alpha value is -1.40. The summed E-state index contributed by atoms with van der Waals surface area (Å²) >= 11 is 0. The lowest BCUT2D eigenvalue weighted by Crippen LogP contribution is -2.35. The van der Waals surface area contributed by atoms with Gasteiger partial charge in [-0.05, 0) is 30.2 Å². The quantitative estimate of drug-likeness (QED) is 0.805. The molecule has 1 aromatic rings. The fourth-order valence-corrected chi connectivity index (χ4v) is 3.46. The number of hydrogen-bond donors (Lipinski definition) is 2. The second kappa shape index (κ2) is 5.54. The zero-order chi connectivity index (χ0) is 14.8. The van der Waals surface area contributed by atoms with Gasteiger partial charge in [-0.25, -0.2) is 8.42 Å². The Morgan fingerprint density at radius 3 is 2.45 bits per heavy atom. The van der Waals surface area contributed by atoms with E-state index in [9.17, 15) is 18.3 Å². The van der Waals surface area contributed by atoms with Crippen LogP contribution in [0.4, 0.5) is 0 Å². The molecule has 0 amide bonds. The van der Waals surface area contributed by atoms with E-state index in [0.29, 0.717) is 12.0 Å². The SMILES string of the molecule is CC1(CCS(=O)(=O)N[C@@H](C(=O)O)c2ccccc2)CC1. The summed E-state index contributed by atoms with van der Waals surface area (Å²) in [5, 5.41) is 9.20. The molecule has 2 N–H and O–H groups in total. The Labute approximate surface area is 119 Å². The minimum Gasteiger partial charge on any atom is -0.480 e. The van der Waals surface area contributed by atoms with Crippen molar-refractivity contribution in [2.45, 2.75) is 32.2 Å². The number of hydrogen-bond acceptors (Lipinski definition) is 3. The van der Waals surface area contributed by atoms with Gasteiger partial charge in [0.05, 0.1) is 5.75 Å². The predicted molar refractivity (Wildman–Crippen MR) is 75.7 cm³/mol. The van der Waals surface area contributed by atoms with Crippen LogP contribution in [0.5, 0.6) is 0 Å². The van der Waals surface area contributed by atoms with Crippen molar-refractivity contribution in [1.29, 1.82) is 0 Å². The molecule has 1 saturated carbocycles. The molecule has 1 aromatic carbocycles. The number of aliphatic carboxylic acids is 1. The van der Waals surface area contributed by atoms with Crippen LogP contribution in [0.25, 0.3) is 0 Å². The summed E-state index contributed by atoms with van der Waals surface area (Å²) in [7, 11) is -3.60. The molecule has 20 heavy (non-hydrogen) atoms. The minimum atomic E-state index is -3.60. The Morgan fingerprint density at radius 2 is 1.95 bits per heavy atom. The van der Waals surface area contributed by atoms with Crippen LogP contribution in [0.2, 0.25) is 0 Å². The van der Waals surface area contributed by atoms with Crippen molar-refractivity contribution in [1.82, 2.24) is 4.72 Å². The van der Waals surface area contributed by atoms with Crippen molar-refractivity contribution in [3.63, 3.8) is 0 Å². The molecule has 0 aliphatic heterocycles. The maximum absolute atomic E-state index is 12.0. The molecule has 6 heteroatoms. The van der Waals surface area contributed by atoms with Crippen LogP contribution in [0.1, 0.15) is 37.8 Å². The predicted octanol–water partition coefficient (Wildman–Crippen LogP) is 1.92. The standard InChI is InChI=1S/C14H19NO4S/c1-14(7-8-14)9-10-20(18,19)15-12(13(16)17)11-5-3-2-4-6-11/h2-6,12,15H,7-10H2,1H3,(H,16,17)/t12-/m1/s1. The molecule has 110 valence electrons. The number of sulfonamides is 1. The molecular formula is C14H19NO4S. The molecule has 0 saturated heterocycles. The topological polar surface area (TPSA) is 83.5 Å². The van der Waals surface area contributed by atoms with Gasteiger partial charge in [0.2, 0.25) is 10.0 Å². The van der Waals surface area contributed by atoms with Crippen LogP contribution in [-0.4, -0.2) is 25.2 Å². The van der Waals surface area contributed by atoms with Gasteiger partial charge in [-0.15, -0.1) is 0 Å². The van der Waals surface area contributed by atoms with E-state index < -0.39 is 22.0 Å². The van der Waals surface area contributed by atoms with Gasteiger partial charge in [0.15, 0.2) is 0 Å². The Balaban J connectivity index is 2.06.